The first-order valence-electron chi connectivity index (χ1n) is 6.19. The van der Waals surface area contributed by atoms with Crippen LogP contribution < -0.4 is 10.6 Å². The van der Waals surface area contributed by atoms with Crippen LogP contribution in [0.2, 0.25) is 10.0 Å². The van der Waals surface area contributed by atoms with Gasteiger partial charge >= 0.3 is 5.97 Å². The van der Waals surface area contributed by atoms with Gasteiger partial charge in [0.1, 0.15) is 0 Å². The van der Waals surface area contributed by atoms with Crippen LogP contribution in [0.3, 0.4) is 0 Å². The van der Waals surface area contributed by atoms with Crippen molar-refractivity contribution >= 4 is 52.6 Å². The van der Waals surface area contributed by atoms with E-state index in [9.17, 15) is 9.59 Å². The molecule has 5 nitrogen and oxygen atoms in total. The molecule has 7 heteroatoms. The number of benzene rings is 2. The summed E-state index contributed by atoms with van der Waals surface area (Å²) < 4.78 is 4.66. The maximum atomic E-state index is 11.6. The molecule has 2 aromatic rings. The predicted octanol–water partition coefficient (Wildman–Crippen LogP) is 4.09. The third kappa shape index (κ3) is 3.69. The maximum absolute atomic E-state index is 11.6. The number of halogens is 2. The van der Waals surface area contributed by atoms with Gasteiger partial charge in [0.2, 0.25) is 6.41 Å². The number of hydrogen-bond donors (Lipinski definition) is 2. The SMILES string of the molecule is COC(=O)c1ccc(Nc2cc(Cl)ccc2Cl)cc1NC=O. The monoisotopic (exact) mass is 338 g/mol. The number of anilines is 3. The molecule has 0 saturated heterocycles. The van der Waals surface area contributed by atoms with Gasteiger partial charge in [0, 0.05) is 10.7 Å². The lowest BCUT2D eigenvalue weighted by Crippen LogP contribution is -2.07. The van der Waals surface area contributed by atoms with E-state index < -0.39 is 5.97 Å². The average molecular weight is 339 g/mol. The Kier molecular flexibility index (Phi) is 5.25. The molecule has 0 aliphatic rings. The van der Waals surface area contributed by atoms with Gasteiger partial charge < -0.3 is 15.4 Å². The number of amides is 1. The molecule has 0 spiro atoms. The zero-order chi connectivity index (χ0) is 16.1. The third-order valence-corrected chi connectivity index (χ3v) is 3.41. The summed E-state index contributed by atoms with van der Waals surface area (Å²) in [4.78, 5) is 22.3. The van der Waals surface area contributed by atoms with Crippen molar-refractivity contribution in [2.45, 2.75) is 0 Å². The molecule has 0 aromatic heterocycles. The molecule has 0 aliphatic carbocycles. The maximum Gasteiger partial charge on any atom is 0.339 e. The van der Waals surface area contributed by atoms with E-state index in [1.807, 2.05) is 0 Å². The minimum absolute atomic E-state index is 0.248. The van der Waals surface area contributed by atoms with Gasteiger partial charge in [-0.2, -0.15) is 0 Å². The fourth-order valence-corrected chi connectivity index (χ4v) is 2.18. The van der Waals surface area contributed by atoms with E-state index in [1.54, 1.807) is 36.4 Å². The molecule has 22 heavy (non-hydrogen) atoms. The molecule has 0 atom stereocenters. The van der Waals surface area contributed by atoms with Crippen LogP contribution in [-0.4, -0.2) is 19.5 Å². The van der Waals surface area contributed by atoms with Crippen LogP contribution in [0.25, 0.3) is 0 Å². The summed E-state index contributed by atoms with van der Waals surface area (Å²) in [6, 6.07) is 9.81. The van der Waals surface area contributed by atoms with Gasteiger partial charge in [-0.15, -0.1) is 0 Å². The Morgan fingerprint density at radius 3 is 2.59 bits per heavy atom. The van der Waals surface area contributed by atoms with Crippen molar-refractivity contribution in [2.75, 3.05) is 17.7 Å². The summed E-state index contributed by atoms with van der Waals surface area (Å²) in [5, 5.41) is 6.56. The highest BCUT2D eigenvalue weighted by atomic mass is 35.5. The van der Waals surface area contributed by atoms with E-state index in [-0.39, 0.29) is 5.56 Å². The predicted molar refractivity (Wildman–Crippen MR) is 87.2 cm³/mol. The molecule has 2 N–H and O–H groups in total. The van der Waals surface area contributed by atoms with Crippen molar-refractivity contribution in [2.24, 2.45) is 0 Å². The molecule has 0 aliphatic heterocycles. The lowest BCUT2D eigenvalue weighted by atomic mass is 10.1. The molecule has 0 saturated carbocycles. The summed E-state index contributed by atoms with van der Waals surface area (Å²) >= 11 is 12.0. The highest BCUT2D eigenvalue weighted by Gasteiger charge is 2.12. The summed E-state index contributed by atoms with van der Waals surface area (Å²) in [5.74, 6) is -0.545. The number of esters is 1. The van der Waals surface area contributed by atoms with Crippen LogP contribution in [0.1, 0.15) is 10.4 Å². The van der Waals surface area contributed by atoms with Crippen LogP contribution in [-0.2, 0) is 9.53 Å². The molecule has 114 valence electrons. The van der Waals surface area contributed by atoms with Crippen molar-refractivity contribution in [3.05, 3.63) is 52.0 Å². The molecule has 2 aromatic carbocycles. The van der Waals surface area contributed by atoms with Crippen molar-refractivity contribution in [1.29, 1.82) is 0 Å². The number of hydrogen-bond acceptors (Lipinski definition) is 4. The van der Waals surface area contributed by atoms with Gasteiger partial charge in [0.15, 0.2) is 0 Å². The van der Waals surface area contributed by atoms with Gasteiger partial charge in [-0.05, 0) is 36.4 Å². The summed E-state index contributed by atoms with van der Waals surface area (Å²) in [7, 11) is 1.27. The van der Waals surface area contributed by atoms with Crippen molar-refractivity contribution < 1.29 is 14.3 Å². The third-order valence-electron chi connectivity index (χ3n) is 2.85. The molecule has 1 amide bonds. The van der Waals surface area contributed by atoms with Gasteiger partial charge in [-0.3, -0.25) is 4.79 Å². The standard InChI is InChI=1S/C15H12Cl2N2O3/c1-22-15(21)11-4-3-10(7-13(11)18-8-20)19-14-6-9(16)2-5-12(14)17/h2-8,19H,1H3,(H,18,20). The number of methoxy groups -OCH3 is 1. The Morgan fingerprint density at radius 2 is 1.91 bits per heavy atom. The van der Waals surface area contributed by atoms with Crippen LogP contribution in [0.15, 0.2) is 36.4 Å². The molecule has 0 bridgehead atoms. The van der Waals surface area contributed by atoms with Gasteiger partial charge in [0.05, 0.1) is 29.1 Å². The minimum atomic E-state index is -0.545. The molecular weight excluding hydrogens is 327 g/mol. The zero-order valence-electron chi connectivity index (χ0n) is 11.5. The Balaban J connectivity index is 2.36. The highest BCUT2D eigenvalue weighted by Crippen LogP contribution is 2.30. The Morgan fingerprint density at radius 1 is 1.14 bits per heavy atom. The van der Waals surface area contributed by atoms with E-state index in [4.69, 9.17) is 23.2 Å². The fraction of sp³-hybridized carbons (Fsp3) is 0.0667. The Hall–Kier alpha value is -2.24. The average Bonchev–Trinajstić information content (AvgIpc) is 2.51. The normalized spacial score (nSPS) is 9.95. The zero-order valence-corrected chi connectivity index (χ0v) is 13.0. The largest absolute Gasteiger partial charge is 0.465 e. The number of rotatable bonds is 5. The van der Waals surface area contributed by atoms with Crippen molar-refractivity contribution in [3.8, 4) is 0 Å². The number of carbonyl (C=O) groups is 2. The van der Waals surface area contributed by atoms with Gasteiger partial charge in [0.25, 0.3) is 0 Å². The fourth-order valence-electron chi connectivity index (χ4n) is 1.84. The number of ether oxygens (including phenoxy) is 1. The quantitative estimate of drug-likeness (QED) is 0.636. The molecule has 0 fully saturated rings. The first-order valence-corrected chi connectivity index (χ1v) is 6.95. The highest BCUT2D eigenvalue weighted by molar-refractivity contribution is 6.35. The van der Waals surface area contributed by atoms with E-state index in [0.29, 0.717) is 33.5 Å². The van der Waals surface area contributed by atoms with E-state index >= 15 is 0 Å². The molecular formula is C15H12Cl2N2O3. The number of nitrogens with one attached hydrogen (secondary N) is 2. The lowest BCUT2D eigenvalue weighted by molar-refractivity contribution is -0.105. The summed E-state index contributed by atoms with van der Waals surface area (Å²) in [5.41, 5.74) is 1.81. The smallest absolute Gasteiger partial charge is 0.339 e. The van der Waals surface area contributed by atoms with E-state index in [1.165, 1.54) is 7.11 Å². The van der Waals surface area contributed by atoms with Crippen molar-refractivity contribution in [1.82, 2.24) is 0 Å². The second-order valence-corrected chi connectivity index (χ2v) is 5.11. The van der Waals surface area contributed by atoms with Gasteiger partial charge in [-0.1, -0.05) is 23.2 Å². The van der Waals surface area contributed by atoms with E-state index in [2.05, 4.69) is 15.4 Å². The number of carbonyl (C=O) groups excluding carboxylic acids is 2. The molecule has 0 unspecified atom stereocenters. The summed E-state index contributed by atoms with van der Waals surface area (Å²) in [6.07, 6.45) is 0.484. The van der Waals surface area contributed by atoms with Crippen LogP contribution in [0.5, 0.6) is 0 Å². The van der Waals surface area contributed by atoms with Crippen LogP contribution in [0, 0.1) is 0 Å². The molecule has 0 radical (unpaired) electrons. The molecule has 0 heterocycles. The first kappa shape index (κ1) is 16.1. The first-order chi connectivity index (χ1) is 10.5. The Bertz CT molecular complexity index is 720. The molecule has 2 rings (SSSR count). The summed E-state index contributed by atoms with van der Waals surface area (Å²) in [6.45, 7) is 0. The second kappa shape index (κ2) is 7.15. The minimum Gasteiger partial charge on any atom is -0.465 e. The van der Waals surface area contributed by atoms with Crippen LogP contribution in [0.4, 0.5) is 17.1 Å². The van der Waals surface area contributed by atoms with Crippen LogP contribution >= 0.6 is 23.2 Å². The second-order valence-electron chi connectivity index (χ2n) is 4.26. The van der Waals surface area contributed by atoms with Gasteiger partial charge in [-0.25, -0.2) is 4.79 Å². The van der Waals surface area contributed by atoms with E-state index in [0.717, 1.165) is 0 Å². The topological polar surface area (TPSA) is 67.4 Å². The lowest BCUT2D eigenvalue weighted by Gasteiger charge is -2.12. The van der Waals surface area contributed by atoms with Crippen molar-refractivity contribution in [3.63, 3.8) is 0 Å². The Labute approximate surface area is 137 Å².